The highest BCUT2D eigenvalue weighted by Gasteiger charge is 2.41. The molecule has 1 aliphatic carbocycles. The highest BCUT2D eigenvalue weighted by molar-refractivity contribution is 5.60. The SMILES string of the molecule is c1cc(-c2nc3c(c(N[C@@H]4COC5(CCCCC5)C4)n2)CNC3)ccn1. The van der Waals surface area contributed by atoms with Crippen molar-refractivity contribution in [1.29, 1.82) is 0 Å². The highest BCUT2D eigenvalue weighted by Crippen LogP contribution is 2.40. The average molecular weight is 351 g/mol. The van der Waals surface area contributed by atoms with Gasteiger partial charge in [0.05, 0.1) is 23.9 Å². The Morgan fingerprint density at radius 2 is 1.92 bits per heavy atom. The Hall–Kier alpha value is -2.05. The van der Waals surface area contributed by atoms with Crippen LogP contribution < -0.4 is 10.6 Å². The summed E-state index contributed by atoms with van der Waals surface area (Å²) in [4.78, 5) is 13.7. The Morgan fingerprint density at radius 1 is 1.08 bits per heavy atom. The Kier molecular flexibility index (Phi) is 4.10. The number of hydrogen-bond acceptors (Lipinski definition) is 6. The number of ether oxygens (including phenoxy) is 1. The van der Waals surface area contributed by atoms with Crippen LogP contribution in [0, 0.1) is 0 Å². The van der Waals surface area contributed by atoms with Crippen LogP contribution in [0.15, 0.2) is 24.5 Å². The lowest BCUT2D eigenvalue weighted by atomic mass is 9.82. The van der Waals surface area contributed by atoms with Gasteiger partial charge in [-0.25, -0.2) is 9.97 Å². The van der Waals surface area contributed by atoms with E-state index in [0.717, 1.165) is 49.0 Å². The molecular formula is C20H25N5O. The molecule has 0 aromatic carbocycles. The number of hydrogen-bond donors (Lipinski definition) is 2. The Balaban J connectivity index is 1.41. The molecule has 2 fully saturated rings. The van der Waals surface area contributed by atoms with Gasteiger partial charge in [0.25, 0.3) is 0 Å². The van der Waals surface area contributed by atoms with E-state index in [-0.39, 0.29) is 5.60 Å². The molecule has 2 aliphatic heterocycles. The molecule has 5 rings (SSSR count). The molecule has 1 saturated carbocycles. The standard InChI is InChI=1S/C20H25N5O/c1-2-6-20(7-3-1)10-15(13-26-20)23-19-16-11-22-12-17(16)24-18(25-19)14-4-8-21-9-5-14/h4-5,8-9,15,22H,1-3,6-7,10-13H2,(H,23,24,25)/t15-/m0/s1. The monoisotopic (exact) mass is 351 g/mol. The number of nitrogens with zero attached hydrogens (tertiary/aromatic N) is 3. The van der Waals surface area contributed by atoms with Crippen molar-refractivity contribution in [3.05, 3.63) is 35.8 Å². The molecule has 2 aromatic rings. The lowest BCUT2D eigenvalue weighted by Gasteiger charge is -2.32. The average Bonchev–Trinajstić information content (AvgIpc) is 3.31. The molecule has 2 N–H and O–H groups in total. The Bertz CT molecular complexity index is 788. The maximum atomic E-state index is 6.27. The number of fused-ring (bicyclic) bond motifs is 1. The quantitative estimate of drug-likeness (QED) is 0.886. The van der Waals surface area contributed by atoms with E-state index < -0.39 is 0 Å². The molecule has 1 saturated heterocycles. The van der Waals surface area contributed by atoms with Crippen molar-refractivity contribution in [1.82, 2.24) is 20.3 Å². The van der Waals surface area contributed by atoms with Crippen molar-refractivity contribution < 1.29 is 4.74 Å². The fraction of sp³-hybridized carbons (Fsp3) is 0.550. The smallest absolute Gasteiger partial charge is 0.161 e. The molecular weight excluding hydrogens is 326 g/mol. The van der Waals surface area contributed by atoms with Crippen LogP contribution in [0.25, 0.3) is 11.4 Å². The number of anilines is 1. The van der Waals surface area contributed by atoms with Crippen LogP contribution in [0.4, 0.5) is 5.82 Å². The van der Waals surface area contributed by atoms with E-state index in [1.807, 2.05) is 12.1 Å². The molecule has 6 nitrogen and oxygen atoms in total. The summed E-state index contributed by atoms with van der Waals surface area (Å²) in [6.45, 7) is 2.40. The summed E-state index contributed by atoms with van der Waals surface area (Å²) in [6, 6.07) is 4.26. The maximum Gasteiger partial charge on any atom is 0.161 e. The van der Waals surface area contributed by atoms with Gasteiger partial charge in [0, 0.05) is 36.6 Å². The molecule has 4 heterocycles. The molecule has 1 atom stereocenters. The van der Waals surface area contributed by atoms with Crippen molar-refractivity contribution in [2.45, 2.75) is 63.3 Å². The van der Waals surface area contributed by atoms with Crippen molar-refractivity contribution in [2.24, 2.45) is 0 Å². The molecule has 0 radical (unpaired) electrons. The van der Waals surface area contributed by atoms with Gasteiger partial charge in [-0.05, 0) is 31.4 Å². The van der Waals surface area contributed by atoms with Gasteiger partial charge in [-0.3, -0.25) is 4.98 Å². The summed E-state index contributed by atoms with van der Waals surface area (Å²) < 4.78 is 6.27. The topological polar surface area (TPSA) is 72.0 Å². The third-order valence-electron chi connectivity index (χ3n) is 5.94. The number of nitrogens with one attached hydrogen (secondary N) is 2. The fourth-order valence-electron chi connectivity index (χ4n) is 4.59. The molecule has 0 bridgehead atoms. The zero-order valence-corrected chi connectivity index (χ0v) is 15.0. The third kappa shape index (κ3) is 2.97. The molecule has 6 heteroatoms. The predicted molar refractivity (Wildman–Crippen MR) is 99.6 cm³/mol. The summed E-state index contributed by atoms with van der Waals surface area (Å²) in [5, 5.41) is 7.09. The van der Waals surface area contributed by atoms with Gasteiger partial charge in [-0.15, -0.1) is 0 Å². The van der Waals surface area contributed by atoms with Crippen molar-refractivity contribution in [2.75, 3.05) is 11.9 Å². The first-order valence-electron chi connectivity index (χ1n) is 9.73. The first-order chi connectivity index (χ1) is 12.8. The highest BCUT2D eigenvalue weighted by atomic mass is 16.5. The Labute approximate surface area is 153 Å². The van der Waals surface area contributed by atoms with E-state index >= 15 is 0 Å². The van der Waals surface area contributed by atoms with Gasteiger partial charge in [-0.1, -0.05) is 19.3 Å². The first-order valence-corrected chi connectivity index (χ1v) is 9.73. The minimum Gasteiger partial charge on any atom is -0.373 e. The second kappa shape index (κ2) is 6.59. The summed E-state index contributed by atoms with van der Waals surface area (Å²) in [5.74, 6) is 1.73. The van der Waals surface area contributed by atoms with Crippen LogP contribution in [0.1, 0.15) is 49.8 Å². The van der Waals surface area contributed by atoms with E-state index in [0.29, 0.717) is 6.04 Å². The number of aromatic nitrogens is 3. The summed E-state index contributed by atoms with van der Waals surface area (Å²) in [7, 11) is 0. The molecule has 0 unspecified atom stereocenters. The normalized spacial score (nSPS) is 23.9. The zero-order chi connectivity index (χ0) is 17.4. The van der Waals surface area contributed by atoms with Crippen LogP contribution in [0.5, 0.6) is 0 Å². The zero-order valence-electron chi connectivity index (χ0n) is 15.0. The summed E-state index contributed by atoms with van der Waals surface area (Å²) in [6.07, 6.45) is 11.0. The van der Waals surface area contributed by atoms with Crippen molar-refractivity contribution >= 4 is 5.82 Å². The second-order valence-electron chi connectivity index (χ2n) is 7.76. The summed E-state index contributed by atoms with van der Waals surface area (Å²) in [5.41, 5.74) is 3.41. The predicted octanol–water partition coefficient (Wildman–Crippen LogP) is 3.05. The minimum atomic E-state index is 0.109. The minimum absolute atomic E-state index is 0.109. The molecule has 26 heavy (non-hydrogen) atoms. The van der Waals surface area contributed by atoms with Gasteiger partial charge in [0.2, 0.25) is 0 Å². The van der Waals surface area contributed by atoms with E-state index in [1.165, 1.54) is 37.7 Å². The Morgan fingerprint density at radius 3 is 2.77 bits per heavy atom. The molecule has 136 valence electrons. The molecule has 2 aromatic heterocycles. The second-order valence-corrected chi connectivity index (χ2v) is 7.76. The van der Waals surface area contributed by atoms with Crippen LogP contribution in [-0.4, -0.2) is 33.2 Å². The van der Waals surface area contributed by atoms with Gasteiger partial charge >= 0.3 is 0 Å². The van der Waals surface area contributed by atoms with Gasteiger partial charge in [-0.2, -0.15) is 0 Å². The first kappa shape index (κ1) is 16.1. The van der Waals surface area contributed by atoms with Crippen LogP contribution in [0.3, 0.4) is 0 Å². The van der Waals surface area contributed by atoms with Crippen LogP contribution in [0.2, 0.25) is 0 Å². The van der Waals surface area contributed by atoms with Crippen molar-refractivity contribution in [3.8, 4) is 11.4 Å². The maximum absolute atomic E-state index is 6.27. The van der Waals surface area contributed by atoms with E-state index in [4.69, 9.17) is 14.7 Å². The van der Waals surface area contributed by atoms with Crippen LogP contribution >= 0.6 is 0 Å². The van der Waals surface area contributed by atoms with Gasteiger partial charge in [0.15, 0.2) is 5.82 Å². The molecule has 3 aliphatic rings. The fourth-order valence-corrected chi connectivity index (χ4v) is 4.59. The van der Waals surface area contributed by atoms with E-state index in [1.54, 1.807) is 12.4 Å². The van der Waals surface area contributed by atoms with Crippen molar-refractivity contribution in [3.63, 3.8) is 0 Å². The molecule has 0 amide bonds. The van der Waals surface area contributed by atoms with Gasteiger partial charge in [0.1, 0.15) is 5.82 Å². The lowest BCUT2D eigenvalue weighted by molar-refractivity contribution is -0.0244. The third-order valence-corrected chi connectivity index (χ3v) is 5.94. The van der Waals surface area contributed by atoms with Gasteiger partial charge < -0.3 is 15.4 Å². The summed E-state index contributed by atoms with van der Waals surface area (Å²) >= 11 is 0. The largest absolute Gasteiger partial charge is 0.373 e. The van der Waals surface area contributed by atoms with E-state index in [9.17, 15) is 0 Å². The molecule has 1 spiro atoms. The van der Waals surface area contributed by atoms with Crippen LogP contribution in [-0.2, 0) is 17.8 Å². The number of pyridine rings is 1. The number of rotatable bonds is 3. The lowest BCUT2D eigenvalue weighted by Crippen LogP contribution is -2.31. The van der Waals surface area contributed by atoms with E-state index in [2.05, 4.69) is 15.6 Å².